The molecule has 0 aromatic heterocycles. The molecule has 0 heterocycles. The van der Waals surface area contributed by atoms with Gasteiger partial charge >= 0.3 is 6.18 Å². The molecule has 3 nitrogen and oxygen atoms in total. The minimum atomic E-state index is -4.08. The topological polar surface area (TPSA) is 41.5 Å². The van der Waals surface area contributed by atoms with Crippen molar-refractivity contribution in [3.8, 4) is 5.75 Å². The van der Waals surface area contributed by atoms with Crippen molar-refractivity contribution in [2.24, 2.45) is 0 Å². The predicted octanol–water partition coefficient (Wildman–Crippen LogP) is 3.05. The Morgan fingerprint density at radius 1 is 1.20 bits per heavy atom. The fourth-order valence-electron chi connectivity index (χ4n) is 1.76. The van der Waals surface area contributed by atoms with Crippen molar-refractivity contribution < 1.29 is 23.0 Å². The Morgan fingerprint density at radius 2 is 1.85 bits per heavy atom. The van der Waals surface area contributed by atoms with E-state index in [0.717, 1.165) is 5.56 Å². The molecular formula is C14H20F3NO2. The minimum Gasteiger partial charge on any atom is -0.497 e. The summed E-state index contributed by atoms with van der Waals surface area (Å²) in [5, 5.41) is 12.8. The Labute approximate surface area is 116 Å². The molecule has 0 bridgehead atoms. The highest BCUT2D eigenvalue weighted by molar-refractivity contribution is 5.28. The summed E-state index contributed by atoms with van der Waals surface area (Å²) >= 11 is 0. The van der Waals surface area contributed by atoms with E-state index in [9.17, 15) is 18.3 Å². The minimum absolute atomic E-state index is 0.106. The number of aliphatic hydroxyl groups excluding tert-OH is 1. The van der Waals surface area contributed by atoms with Crippen LogP contribution in [-0.4, -0.2) is 31.5 Å². The lowest BCUT2D eigenvalue weighted by Crippen LogP contribution is -2.22. The number of aliphatic hydroxyl groups is 1. The van der Waals surface area contributed by atoms with E-state index in [0.29, 0.717) is 25.3 Å². The lowest BCUT2D eigenvalue weighted by molar-refractivity contribution is -0.135. The van der Waals surface area contributed by atoms with Crippen LogP contribution < -0.4 is 10.1 Å². The van der Waals surface area contributed by atoms with Gasteiger partial charge in [-0.25, -0.2) is 0 Å². The maximum Gasteiger partial charge on any atom is 0.389 e. The number of benzene rings is 1. The summed E-state index contributed by atoms with van der Waals surface area (Å²) in [7, 11) is 1.56. The normalized spacial score (nSPS) is 13.2. The third-order valence-corrected chi connectivity index (χ3v) is 2.90. The van der Waals surface area contributed by atoms with E-state index in [4.69, 9.17) is 4.74 Å². The Bertz CT molecular complexity index is 379. The van der Waals surface area contributed by atoms with Crippen LogP contribution in [0.5, 0.6) is 5.75 Å². The van der Waals surface area contributed by atoms with Crippen LogP contribution in [0.4, 0.5) is 13.2 Å². The molecule has 1 aromatic carbocycles. The zero-order chi connectivity index (χ0) is 15.0. The van der Waals surface area contributed by atoms with Gasteiger partial charge in [0.25, 0.3) is 0 Å². The molecule has 2 N–H and O–H groups in total. The first-order valence-electron chi connectivity index (χ1n) is 6.52. The molecule has 6 heteroatoms. The summed E-state index contributed by atoms with van der Waals surface area (Å²) < 4.78 is 40.7. The molecule has 0 aliphatic rings. The van der Waals surface area contributed by atoms with Crippen molar-refractivity contribution in [3.63, 3.8) is 0 Å². The molecule has 1 rings (SSSR count). The molecule has 1 unspecified atom stereocenters. The van der Waals surface area contributed by atoms with Crippen molar-refractivity contribution in [1.29, 1.82) is 0 Å². The average molecular weight is 291 g/mol. The summed E-state index contributed by atoms with van der Waals surface area (Å²) in [6, 6.07) is 7.02. The first-order valence-corrected chi connectivity index (χ1v) is 6.52. The third kappa shape index (κ3) is 6.77. The number of unbranched alkanes of at least 4 members (excludes halogenated alkanes) is 1. The van der Waals surface area contributed by atoms with Crippen molar-refractivity contribution in [2.45, 2.75) is 31.5 Å². The Kier molecular flexibility index (Phi) is 6.81. The fraction of sp³-hybridized carbons (Fsp3) is 0.571. The van der Waals surface area contributed by atoms with Crippen molar-refractivity contribution in [3.05, 3.63) is 29.8 Å². The van der Waals surface area contributed by atoms with E-state index in [2.05, 4.69) is 5.32 Å². The van der Waals surface area contributed by atoms with Crippen LogP contribution in [0.15, 0.2) is 24.3 Å². The first kappa shape index (κ1) is 16.8. The summed E-state index contributed by atoms with van der Waals surface area (Å²) in [5.74, 6) is 0.709. The van der Waals surface area contributed by atoms with Gasteiger partial charge in [0.2, 0.25) is 0 Å². The SMILES string of the molecule is COc1ccc(C(O)CNCCCCC(F)(F)F)cc1. The smallest absolute Gasteiger partial charge is 0.389 e. The molecule has 0 saturated carbocycles. The molecule has 20 heavy (non-hydrogen) atoms. The van der Waals surface area contributed by atoms with Gasteiger partial charge in [-0.15, -0.1) is 0 Å². The van der Waals surface area contributed by atoms with Gasteiger partial charge in [-0.2, -0.15) is 13.2 Å². The molecule has 0 fully saturated rings. The maximum absolute atomic E-state index is 11.9. The zero-order valence-electron chi connectivity index (χ0n) is 11.4. The number of methoxy groups -OCH3 is 1. The number of rotatable bonds is 8. The van der Waals surface area contributed by atoms with Gasteiger partial charge in [-0.05, 0) is 37.1 Å². The number of nitrogens with one attached hydrogen (secondary N) is 1. The molecular weight excluding hydrogens is 271 g/mol. The lowest BCUT2D eigenvalue weighted by atomic mass is 10.1. The third-order valence-electron chi connectivity index (χ3n) is 2.90. The van der Waals surface area contributed by atoms with Crippen LogP contribution >= 0.6 is 0 Å². The summed E-state index contributed by atoms with van der Waals surface area (Å²) in [5.41, 5.74) is 0.744. The van der Waals surface area contributed by atoms with Crippen molar-refractivity contribution in [2.75, 3.05) is 20.2 Å². The molecule has 114 valence electrons. The van der Waals surface area contributed by atoms with E-state index >= 15 is 0 Å². The largest absolute Gasteiger partial charge is 0.497 e. The highest BCUT2D eigenvalue weighted by atomic mass is 19.4. The summed E-state index contributed by atoms with van der Waals surface area (Å²) in [6.07, 6.45) is -4.97. The highest BCUT2D eigenvalue weighted by Gasteiger charge is 2.25. The van der Waals surface area contributed by atoms with Crippen LogP contribution in [0.25, 0.3) is 0 Å². The quantitative estimate of drug-likeness (QED) is 0.723. The van der Waals surface area contributed by atoms with E-state index in [1.165, 1.54) is 0 Å². The predicted molar refractivity (Wildman–Crippen MR) is 70.7 cm³/mol. The number of hydrogen-bond acceptors (Lipinski definition) is 3. The molecule has 1 atom stereocenters. The van der Waals surface area contributed by atoms with Crippen LogP contribution in [0.3, 0.4) is 0 Å². The molecule has 0 radical (unpaired) electrons. The van der Waals surface area contributed by atoms with Crippen LogP contribution in [0.2, 0.25) is 0 Å². The maximum atomic E-state index is 11.9. The van der Waals surface area contributed by atoms with Crippen LogP contribution in [-0.2, 0) is 0 Å². The van der Waals surface area contributed by atoms with Gasteiger partial charge in [-0.3, -0.25) is 0 Å². The van der Waals surface area contributed by atoms with Gasteiger partial charge < -0.3 is 15.2 Å². The number of halogens is 3. The summed E-state index contributed by atoms with van der Waals surface area (Å²) in [4.78, 5) is 0. The van der Waals surface area contributed by atoms with Crippen molar-refractivity contribution in [1.82, 2.24) is 5.32 Å². The van der Waals surface area contributed by atoms with Gasteiger partial charge in [0.1, 0.15) is 5.75 Å². The second-order valence-electron chi connectivity index (χ2n) is 4.57. The van der Waals surface area contributed by atoms with Gasteiger partial charge in [0.05, 0.1) is 13.2 Å². The van der Waals surface area contributed by atoms with Crippen molar-refractivity contribution >= 4 is 0 Å². The highest BCUT2D eigenvalue weighted by Crippen LogP contribution is 2.22. The molecule has 0 spiro atoms. The van der Waals surface area contributed by atoms with Crippen LogP contribution in [0, 0.1) is 0 Å². The second-order valence-corrected chi connectivity index (χ2v) is 4.57. The Morgan fingerprint density at radius 3 is 2.40 bits per heavy atom. The standard InChI is InChI=1S/C14H20F3NO2/c1-20-12-6-4-11(5-7-12)13(19)10-18-9-3-2-8-14(15,16)17/h4-7,13,18-19H,2-3,8-10H2,1H3. The molecule has 0 aliphatic carbocycles. The van der Waals surface area contributed by atoms with E-state index in [1.807, 2.05) is 0 Å². The number of hydrogen-bond donors (Lipinski definition) is 2. The molecule has 1 aromatic rings. The second kappa shape index (κ2) is 8.11. The number of ether oxygens (including phenoxy) is 1. The Hall–Kier alpha value is -1.27. The Balaban J connectivity index is 2.18. The van der Waals surface area contributed by atoms with E-state index in [-0.39, 0.29) is 6.42 Å². The van der Waals surface area contributed by atoms with Gasteiger partial charge in [0.15, 0.2) is 0 Å². The first-order chi connectivity index (χ1) is 9.42. The summed E-state index contributed by atoms with van der Waals surface area (Å²) in [6.45, 7) is 0.779. The van der Waals surface area contributed by atoms with E-state index in [1.54, 1.807) is 31.4 Å². The molecule has 0 amide bonds. The molecule has 0 saturated heterocycles. The fourth-order valence-corrected chi connectivity index (χ4v) is 1.76. The van der Waals surface area contributed by atoms with Crippen LogP contribution in [0.1, 0.15) is 30.9 Å². The monoisotopic (exact) mass is 291 g/mol. The number of alkyl halides is 3. The van der Waals surface area contributed by atoms with Gasteiger partial charge in [-0.1, -0.05) is 12.1 Å². The average Bonchev–Trinajstić information content (AvgIpc) is 2.41. The zero-order valence-corrected chi connectivity index (χ0v) is 11.4. The van der Waals surface area contributed by atoms with Gasteiger partial charge in [0, 0.05) is 13.0 Å². The lowest BCUT2D eigenvalue weighted by Gasteiger charge is -2.13. The van der Waals surface area contributed by atoms with E-state index < -0.39 is 18.7 Å². The molecule has 0 aliphatic heterocycles.